The minimum absolute atomic E-state index is 0.0689. The maximum Gasteiger partial charge on any atom is 0.254 e. The van der Waals surface area contributed by atoms with E-state index in [-0.39, 0.29) is 11.9 Å². The maximum absolute atomic E-state index is 13.2. The third-order valence-corrected chi connectivity index (χ3v) is 6.06. The van der Waals surface area contributed by atoms with E-state index in [1.807, 2.05) is 13.8 Å². The lowest BCUT2D eigenvalue weighted by Crippen LogP contribution is -2.47. The molecule has 3 aliphatic rings. The standard InChI is InChI=1S/C19H23N7O2/c1-12-17(13(2)28-21-12)11-24-8-14-3-4-16(10-24)25(9-14)19(27)15-5-6-26-18(7-15)20-22-23-26/h5-7,14,16H,3-4,8-11H2,1-2H3/t14-,16+/m0/s1. The summed E-state index contributed by atoms with van der Waals surface area (Å²) in [6, 6.07) is 3.79. The summed E-state index contributed by atoms with van der Waals surface area (Å²) in [7, 11) is 0. The Morgan fingerprint density at radius 2 is 2.14 bits per heavy atom. The van der Waals surface area contributed by atoms with Crippen LogP contribution in [0.5, 0.6) is 0 Å². The molecule has 0 saturated carbocycles. The highest BCUT2D eigenvalue weighted by atomic mass is 16.5. The van der Waals surface area contributed by atoms with E-state index in [0.29, 0.717) is 17.1 Å². The summed E-state index contributed by atoms with van der Waals surface area (Å²) in [5, 5.41) is 15.5. The fourth-order valence-corrected chi connectivity index (χ4v) is 4.55. The van der Waals surface area contributed by atoms with Crippen molar-refractivity contribution in [3.05, 3.63) is 40.9 Å². The molecule has 6 heterocycles. The molecule has 6 rings (SSSR count). The highest BCUT2D eigenvalue weighted by molar-refractivity contribution is 5.95. The van der Waals surface area contributed by atoms with Crippen LogP contribution in [0.4, 0.5) is 0 Å². The van der Waals surface area contributed by atoms with Crippen LogP contribution in [0.1, 0.15) is 40.2 Å². The molecule has 0 unspecified atom stereocenters. The van der Waals surface area contributed by atoms with Crippen molar-refractivity contribution >= 4 is 11.6 Å². The number of carbonyl (C=O) groups excluding carboxylic acids is 1. The van der Waals surface area contributed by atoms with Crippen molar-refractivity contribution in [1.82, 2.24) is 35.0 Å². The van der Waals surface area contributed by atoms with Crippen LogP contribution in [0.3, 0.4) is 0 Å². The van der Waals surface area contributed by atoms with Crippen molar-refractivity contribution in [3.63, 3.8) is 0 Å². The number of hydrogen-bond donors (Lipinski definition) is 0. The molecule has 1 amide bonds. The quantitative estimate of drug-likeness (QED) is 0.678. The Kier molecular flexibility index (Phi) is 4.12. The van der Waals surface area contributed by atoms with Crippen LogP contribution >= 0.6 is 0 Å². The molecule has 0 spiro atoms. The van der Waals surface area contributed by atoms with E-state index < -0.39 is 0 Å². The summed E-state index contributed by atoms with van der Waals surface area (Å²) >= 11 is 0. The Labute approximate surface area is 162 Å². The minimum Gasteiger partial charge on any atom is -0.361 e. The van der Waals surface area contributed by atoms with Gasteiger partial charge in [-0.15, -0.1) is 5.10 Å². The van der Waals surface area contributed by atoms with Crippen LogP contribution in [0.25, 0.3) is 5.65 Å². The fraction of sp³-hybridized carbons (Fsp3) is 0.526. The smallest absolute Gasteiger partial charge is 0.254 e. The Morgan fingerprint density at radius 1 is 1.25 bits per heavy atom. The lowest BCUT2D eigenvalue weighted by molar-refractivity contribution is 0.0585. The van der Waals surface area contributed by atoms with Gasteiger partial charge in [-0.05, 0) is 55.2 Å². The predicted molar refractivity (Wildman–Crippen MR) is 99.6 cm³/mol. The molecular formula is C19H23N7O2. The van der Waals surface area contributed by atoms with Crippen LogP contribution < -0.4 is 0 Å². The Bertz CT molecular complexity index is 1010. The molecule has 146 valence electrons. The van der Waals surface area contributed by atoms with E-state index in [0.717, 1.165) is 44.1 Å². The average molecular weight is 381 g/mol. The van der Waals surface area contributed by atoms with Gasteiger partial charge in [0, 0.05) is 49.5 Å². The summed E-state index contributed by atoms with van der Waals surface area (Å²) in [5.41, 5.74) is 3.36. The van der Waals surface area contributed by atoms with Crippen molar-refractivity contribution in [1.29, 1.82) is 0 Å². The van der Waals surface area contributed by atoms with Crippen molar-refractivity contribution in [2.75, 3.05) is 19.6 Å². The van der Waals surface area contributed by atoms with Gasteiger partial charge in [0.25, 0.3) is 5.91 Å². The SMILES string of the molecule is Cc1noc(C)c1CN1C[C@@H]2CC[C@H](C1)N(C(=O)c1ccn3nnnc3c1)C2. The first-order valence-corrected chi connectivity index (χ1v) is 9.71. The lowest BCUT2D eigenvalue weighted by Gasteiger charge is -2.36. The minimum atomic E-state index is 0.0689. The van der Waals surface area contributed by atoms with Crippen LogP contribution in [-0.2, 0) is 6.54 Å². The molecule has 0 N–H and O–H groups in total. The van der Waals surface area contributed by atoms with Gasteiger partial charge in [-0.1, -0.05) is 5.16 Å². The van der Waals surface area contributed by atoms with Crippen LogP contribution in [0, 0.1) is 19.8 Å². The number of piperidine rings is 1. The predicted octanol–water partition coefficient (Wildman–Crippen LogP) is 1.47. The first-order chi connectivity index (χ1) is 13.6. The van der Waals surface area contributed by atoms with Crippen LogP contribution in [0.15, 0.2) is 22.9 Å². The summed E-state index contributed by atoms with van der Waals surface area (Å²) in [5.74, 6) is 1.44. The van der Waals surface area contributed by atoms with Crippen molar-refractivity contribution in [3.8, 4) is 0 Å². The highest BCUT2D eigenvalue weighted by Crippen LogP contribution is 2.30. The number of aromatic nitrogens is 5. The summed E-state index contributed by atoms with van der Waals surface area (Å²) in [6.45, 7) is 7.46. The molecule has 3 saturated heterocycles. The molecule has 3 aliphatic heterocycles. The molecule has 2 atom stereocenters. The van der Waals surface area contributed by atoms with Gasteiger partial charge in [0.05, 0.1) is 5.69 Å². The maximum atomic E-state index is 13.2. The van der Waals surface area contributed by atoms with Gasteiger partial charge in [-0.3, -0.25) is 9.69 Å². The number of tetrazole rings is 1. The van der Waals surface area contributed by atoms with Gasteiger partial charge in [-0.2, -0.15) is 0 Å². The number of fused-ring (bicyclic) bond motifs is 5. The normalized spacial score (nSPS) is 22.7. The Balaban J connectivity index is 1.36. The Hall–Kier alpha value is -2.81. The van der Waals surface area contributed by atoms with E-state index >= 15 is 0 Å². The van der Waals surface area contributed by atoms with E-state index in [1.165, 1.54) is 12.0 Å². The number of amides is 1. The fourth-order valence-electron chi connectivity index (χ4n) is 4.55. The first-order valence-electron chi connectivity index (χ1n) is 9.71. The zero-order chi connectivity index (χ0) is 19.3. The molecule has 0 aliphatic carbocycles. The van der Waals surface area contributed by atoms with E-state index in [9.17, 15) is 4.79 Å². The highest BCUT2D eigenvalue weighted by Gasteiger charge is 2.37. The van der Waals surface area contributed by atoms with Crippen LogP contribution in [-0.4, -0.2) is 66.6 Å². The van der Waals surface area contributed by atoms with Gasteiger partial charge in [0.1, 0.15) is 5.76 Å². The number of rotatable bonds is 3. The number of carbonyl (C=O) groups is 1. The monoisotopic (exact) mass is 381 g/mol. The van der Waals surface area contributed by atoms with E-state index in [1.54, 1.807) is 22.8 Å². The van der Waals surface area contributed by atoms with Crippen LogP contribution in [0.2, 0.25) is 0 Å². The molecule has 3 aromatic heterocycles. The molecule has 3 aromatic rings. The largest absolute Gasteiger partial charge is 0.361 e. The number of aryl methyl sites for hydroxylation is 2. The summed E-state index contributed by atoms with van der Waals surface area (Å²) in [6.07, 6.45) is 3.95. The van der Waals surface area contributed by atoms with E-state index in [4.69, 9.17) is 4.52 Å². The second kappa shape index (κ2) is 6.66. The molecule has 0 aromatic carbocycles. The molecule has 28 heavy (non-hydrogen) atoms. The van der Waals surface area contributed by atoms with Gasteiger partial charge in [0.15, 0.2) is 5.65 Å². The topological polar surface area (TPSA) is 92.7 Å². The molecule has 9 nitrogen and oxygen atoms in total. The lowest BCUT2D eigenvalue weighted by atomic mass is 9.94. The third kappa shape index (κ3) is 2.95. The molecule has 3 fully saturated rings. The zero-order valence-electron chi connectivity index (χ0n) is 16.1. The second-order valence-electron chi connectivity index (χ2n) is 7.95. The number of nitrogens with zero attached hydrogens (tertiary/aromatic N) is 7. The van der Waals surface area contributed by atoms with Gasteiger partial charge >= 0.3 is 0 Å². The molecular weight excluding hydrogens is 358 g/mol. The Morgan fingerprint density at radius 3 is 2.96 bits per heavy atom. The number of hydrogen-bond acceptors (Lipinski definition) is 7. The molecule has 2 bridgehead atoms. The number of pyridine rings is 1. The molecule has 9 heteroatoms. The van der Waals surface area contributed by atoms with Gasteiger partial charge < -0.3 is 9.42 Å². The summed E-state index contributed by atoms with van der Waals surface area (Å²) in [4.78, 5) is 17.7. The van der Waals surface area contributed by atoms with Crippen molar-refractivity contribution < 1.29 is 9.32 Å². The molecule has 0 radical (unpaired) electrons. The van der Waals surface area contributed by atoms with Crippen molar-refractivity contribution in [2.24, 2.45) is 5.92 Å². The zero-order valence-corrected chi connectivity index (χ0v) is 16.1. The van der Waals surface area contributed by atoms with E-state index in [2.05, 4.69) is 30.5 Å². The second-order valence-corrected chi connectivity index (χ2v) is 7.95. The average Bonchev–Trinajstić information content (AvgIpc) is 3.17. The third-order valence-electron chi connectivity index (χ3n) is 6.06. The van der Waals surface area contributed by atoms with Crippen molar-refractivity contribution in [2.45, 2.75) is 39.3 Å². The summed E-state index contributed by atoms with van der Waals surface area (Å²) < 4.78 is 6.89. The van der Waals surface area contributed by atoms with Gasteiger partial charge in [0.2, 0.25) is 0 Å². The first kappa shape index (κ1) is 17.3. The van der Waals surface area contributed by atoms with Gasteiger partial charge in [-0.25, -0.2) is 4.52 Å².